The summed E-state index contributed by atoms with van der Waals surface area (Å²) >= 11 is 0. The molecule has 0 aromatic carbocycles. The SMILES string of the molecule is CCNC(=O)C(C)N1CC(C)(OCC(=O)O)C1. The van der Waals surface area contributed by atoms with Crippen LogP contribution in [0.5, 0.6) is 0 Å². The summed E-state index contributed by atoms with van der Waals surface area (Å²) < 4.78 is 5.27. The molecule has 1 heterocycles. The van der Waals surface area contributed by atoms with Gasteiger partial charge in [-0.1, -0.05) is 0 Å². The van der Waals surface area contributed by atoms with Gasteiger partial charge in [0.1, 0.15) is 6.61 Å². The van der Waals surface area contributed by atoms with Crippen LogP contribution in [-0.2, 0) is 14.3 Å². The first-order valence-corrected chi connectivity index (χ1v) is 5.75. The van der Waals surface area contributed by atoms with Crippen molar-refractivity contribution in [3.8, 4) is 0 Å². The predicted molar refractivity (Wildman–Crippen MR) is 61.7 cm³/mol. The van der Waals surface area contributed by atoms with Gasteiger partial charge in [0.25, 0.3) is 0 Å². The number of carboxylic acid groups (broad SMARTS) is 1. The summed E-state index contributed by atoms with van der Waals surface area (Å²) in [6.45, 7) is 7.06. The highest BCUT2D eigenvalue weighted by Gasteiger charge is 2.43. The van der Waals surface area contributed by atoms with Crippen molar-refractivity contribution in [2.24, 2.45) is 0 Å². The Balaban J connectivity index is 2.34. The maximum Gasteiger partial charge on any atom is 0.329 e. The minimum absolute atomic E-state index is 0.00668. The molecule has 1 saturated heterocycles. The highest BCUT2D eigenvalue weighted by molar-refractivity contribution is 5.81. The summed E-state index contributed by atoms with van der Waals surface area (Å²) in [6, 6.07) is -0.198. The van der Waals surface area contributed by atoms with Gasteiger partial charge < -0.3 is 15.2 Å². The van der Waals surface area contributed by atoms with Gasteiger partial charge in [-0.2, -0.15) is 0 Å². The van der Waals surface area contributed by atoms with E-state index in [0.717, 1.165) is 0 Å². The highest BCUT2D eigenvalue weighted by Crippen LogP contribution is 2.26. The molecule has 2 N–H and O–H groups in total. The quantitative estimate of drug-likeness (QED) is 0.670. The van der Waals surface area contributed by atoms with Gasteiger partial charge in [-0.05, 0) is 20.8 Å². The Morgan fingerprint density at radius 1 is 1.53 bits per heavy atom. The number of carbonyl (C=O) groups excluding carboxylic acids is 1. The summed E-state index contributed by atoms with van der Waals surface area (Å²) in [5, 5.41) is 11.3. The van der Waals surface area contributed by atoms with E-state index in [2.05, 4.69) is 5.32 Å². The number of carbonyl (C=O) groups is 2. The number of likely N-dealkylation sites (N-methyl/N-ethyl adjacent to an activating group) is 1. The standard InChI is InChI=1S/C11H20N2O4/c1-4-12-10(16)8(2)13-6-11(3,7-13)17-5-9(14)15/h8H,4-7H2,1-3H3,(H,12,16)(H,14,15). The molecular formula is C11H20N2O4. The number of aliphatic carboxylic acids is 1. The molecule has 17 heavy (non-hydrogen) atoms. The van der Waals surface area contributed by atoms with Gasteiger partial charge in [0.05, 0.1) is 11.6 Å². The third-order valence-electron chi connectivity index (χ3n) is 2.90. The molecule has 1 aliphatic rings. The second-order valence-electron chi connectivity index (χ2n) is 4.61. The van der Waals surface area contributed by atoms with Crippen molar-refractivity contribution < 1.29 is 19.4 Å². The van der Waals surface area contributed by atoms with Crippen LogP contribution in [0.3, 0.4) is 0 Å². The van der Waals surface area contributed by atoms with Gasteiger partial charge in [-0.15, -0.1) is 0 Å². The van der Waals surface area contributed by atoms with Crippen LogP contribution in [0.25, 0.3) is 0 Å². The molecular weight excluding hydrogens is 224 g/mol. The van der Waals surface area contributed by atoms with Crippen LogP contribution in [0.2, 0.25) is 0 Å². The molecule has 0 aliphatic carbocycles. The molecule has 0 saturated carbocycles. The van der Waals surface area contributed by atoms with E-state index in [1.807, 2.05) is 25.7 Å². The summed E-state index contributed by atoms with van der Waals surface area (Å²) in [7, 11) is 0. The Morgan fingerprint density at radius 3 is 2.59 bits per heavy atom. The van der Waals surface area contributed by atoms with Crippen molar-refractivity contribution in [1.29, 1.82) is 0 Å². The van der Waals surface area contributed by atoms with Gasteiger partial charge in [-0.25, -0.2) is 4.79 Å². The lowest BCUT2D eigenvalue weighted by atomic mass is 9.94. The Hall–Kier alpha value is -1.14. The Kier molecular flexibility index (Phi) is 4.47. The average molecular weight is 244 g/mol. The molecule has 0 aromatic rings. The van der Waals surface area contributed by atoms with Gasteiger partial charge in [0, 0.05) is 19.6 Å². The Morgan fingerprint density at radius 2 is 2.12 bits per heavy atom. The van der Waals surface area contributed by atoms with Crippen LogP contribution < -0.4 is 5.32 Å². The van der Waals surface area contributed by atoms with Crippen molar-refractivity contribution in [2.45, 2.75) is 32.4 Å². The van der Waals surface area contributed by atoms with Crippen LogP contribution in [0.4, 0.5) is 0 Å². The van der Waals surface area contributed by atoms with E-state index in [1.165, 1.54) is 0 Å². The molecule has 1 amide bonds. The first kappa shape index (κ1) is 13.9. The van der Waals surface area contributed by atoms with Crippen molar-refractivity contribution in [2.75, 3.05) is 26.2 Å². The fourth-order valence-electron chi connectivity index (χ4n) is 1.90. The van der Waals surface area contributed by atoms with Gasteiger partial charge in [0.15, 0.2) is 0 Å². The molecule has 6 nitrogen and oxygen atoms in total. The zero-order valence-electron chi connectivity index (χ0n) is 10.5. The fourth-order valence-corrected chi connectivity index (χ4v) is 1.90. The van der Waals surface area contributed by atoms with Crippen molar-refractivity contribution in [3.05, 3.63) is 0 Å². The average Bonchev–Trinajstić information content (AvgIpc) is 2.22. The molecule has 0 bridgehead atoms. The summed E-state index contributed by atoms with van der Waals surface area (Å²) in [5.74, 6) is -0.978. The first-order chi connectivity index (χ1) is 7.88. The molecule has 1 fully saturated rings. The minimum Gasteiger partial charge on any atom is -0.480 e. The monoisotopic (exact) mass is 244 g/mol. The van der Waals surface area contributed by atoms with E-state index >= 15 is 0 Å². The van der Waals surface area contributed by atoms with Crippen LogP contribution in [0.1, 0.15) is 20.8 Å². The van der Waals surface area contributed by atoms with Crippen LogP contribution in [-0.4, -0.2) is 59.8 Å². The number of hydrogen-bond acceptors (Lipinski definition) is 4. The molecule has 98 valence electrons. The van der Waals surface area contributed by atoms with Crippen LogP contribution in [0.15, 0.2) is 0 Å². The van der Waals surface area contributed by atoms with Crippen molar-refractivity contribution >= 4 is 11.9 Å². The van der Waals surface area contributed by atoms with E-state index in [0.29, 0.717) is 19.6 Å². The number of ether oxygens (including phenoxy) is 1. The number of carboxylic acids is 1. The zero-order chi connectivity index (χ0) is 13.1. The number of amides is 1. The summed E-state index contributed by atoms with van der Waals surface area (Å²) in [4.78, 5) is 23.9. The molecule has 1 aliphatic heterocycles. The zero-order valence-corrected chi connectivity index (χ0v) is 10.5. The summed E-state index contributed by atoms with van der Waals surface area (Å²) in [5.41, 5.74) is -0.445. The van der Waals surface area contributed by atoms with E-state index in [9.17, 15) is 9.59 Å². The number of likely N-dealkylation sites (tertiary alicyclic amines) is 1. The van der Waals surface area contributed by atoms with Gasteiger partial charge in [0.2, 0.25) is 5.91 Å². The minimum atomic E-state index is -0.971. The third-order valence-corrected chi connectivity index (χ3v) is 2.90. The highest BCUT2D eigenvalue weighted by atomic mass is 16.5. The number of nitrogens with zero attached hydrogens (tertiary/aromatic N) is 1. The summed E-state index contributed by atoms with van der Waals surface area (Å²) in [6.07, 6.45) is 0. The Labute approximate surface area is 101 Å². The largest absolute Gasteiger partial charge is 0.480 e. The van der Waals surface area contributed by atoms with E-state index in [-0.39, 0.29) is 18.6 Å². The maximum atomic E-state index is 11.6. The van der Waals surface area contributed by atoms with Crippen molar-refractivity contribution in [1.82, 2.24) is 10.2 Å². The molecule has 0 radical (unpaired) electrons. The molecule has 0 aromatic heterocycles. The molecule has 1 atom stereocenters. The molecule has 1 unspecified atom stereocenters. The smallest absolute Gasteiger partial charge is 0.329 e. The Bertz CT molecular complexity index is 300. The fraction of sp³-hybridized carbons (Fsp3) is 0.818. The van der Waals surface area contributed by atoms with Crippen LogP contribution in [0, 0.1) is 0 Å². The van der Waals surface area contributed by atoms with E-state index in [1.54, 1.807) is 0 Å². The van der Waals surface area contributed by atoms with E-state index in [4.69, 9.17) is 9.84 Å². The lowest BCUT2D eigenvalue weighted by Crippen LogP contribution is -2.66. The molecule has 1 rings (SSSR count). The van der Waals surface area contributed by atoms with Crippen LogP contribution >= 0.6 is 0 Å². The molecule has 0 spiro atoms. The second-order valence-corrected chi connectivity index (χ2v) is 4.61. The van der Waals surface area contributed by atoms with Gasteiger partial charge in [-0.3, -0.25) is 9.69 Å². The van der Waals surface area contributed by atoms with Gasteiger partial charge >= 0.3 is 5.97 Å². The number of hydrogen-bond donors (Lipinski definition) is 2. The normalized spacial score (nSPS) is 20.4. The number of nitrogens with one attached hydrogen (secondary N) is 1. The number of rotatable bonds is 6. The topological polar surface area (TPSA) is 78.9 Å². The van der Waals surface area contributed by atoms with Crippen molar-refractivity contribution in [3.63, 3.8) is 0 Å². The first-order valence-electron chi connectivity index (χ1n) is 5.75. The lowest BCUT2D eigenvalue weighted by molar-refractivity contribution is -0.171. The lowest BCUT2D eigenvalue weighted by Gasteiger charge is -2.49. The third kappa shape index (κ3) is 3.67. The maximum absolute atomic E-state index is 11.6. The van der Waals surface area contributed by atoms with E-state index < -0.39 is 11.6 Å². The predicted octanol–water partition coefficient (Wildman–Crippen LogP) is -0.313. The molecule has 6 heteroatoms. The second kappa shape index (κ2) is 5.46.